The number of carbonyl (C=O) groups is 2. The van der Waals surface area contributed by atoms with Gasteiger partial charge in [0.1, 0.15) is 17.4 Å². The van der Waals surface area contributed by atoms with Crippen LogP contribution in [0.15, 0.2) is 53.6 Å². The molecule has 0 unspecified atom stereocenters. The average molecular weight is 448 g/mol. The van der Waals surface area contributed by atoms with E-state index in [1.165, 1.54) is 24.4 Å². The van der Waals surface area contributed by atoms with E-state index < -0.39 is 23.6 Å². The molecule has 9 heteroatoms. The first-order valence-electron chi connectivity index (χ1n) is 9.56. The SMILES string of the molecule is CC(C)(C)OC(=O)N[C@@H](COCc1ccccc1)C(=O)N/N=C\c1cc(Cl)ccc1O. The molecule has 2 aromatic rings. The molecule has 2 amide bonds. The molecule has 0 aromatic heterocycles. The maximum absolute atomic E-state index is 12.6. The lowest BCUT2D eigenvalue weighted by Crippen LogP contribution is -2.49. The molecule has 0 saturated carbocycles. The van der Waals surface area contributed by atoms with Crippen molar-refractivity contribution in [1.29, 1.82) is 0 Å². The van der Waals surface area contributed by atoms with Gasteiger partial charge in [-0.2, -0.15) is 5.10 Å². The molecule has 0 radical (unpaired) electrons. The van der Waals surface area contributed by atoms with Gasteiger partial charge >= 0.3 is 6.09 Å². The largest absolute Gasteiger partial charge is 0.507 e. The van der Waals surface area contributed by atoms with Gasteiger partial charge in [-0.1, -0.05) is 41.9 Å². The normalized spacial score (nSPS) is 12.4. The summed E-state index contributed by atoms with van der Waals surface area (Å²) in [5.74, 6) is -0.659. The second-order valence-corrected chi connectivity index (χ2v) is 8.07. The van der Waals surface area contributed by atoms with Gasteiger partial charge in [0.15, 0.2) is 0 Å². The molecule has 2 aromatic carbocycles. The number of amides is 2. The van der Waals surface area contributed by atoms with Gasteiger partial charge in [-0.25, -0.2) is 10.2 Å². The number of benzene rings is 2. The van der Waals surface area contributed by atoms with Gasteiger partial charge < -0.3 is 19.9 Å². The molecular formula is C22H26ClN3O5. The van der Waals surface area contributed by atoms with Crippen LogP contribution in [-0.2, 0) is 20.9 Å². The summed E-state index contributed by atoms with van der Waals surface area (Å²) in [6.45, 7) is 5.32. The van der Waals surface area contributed by atoms with Gasteiger partial charge in [-0.3, -0.25) is 4.79 Å². The molecule has 1 atom stereocenters. The zero-order valence-corrected chi connectivity index (χ0v) is 18.3. The summed E-state index contributed by atoms with van der Waals surface area (Å²) < 4.78 is 10.8. The van der Waals surface area contributed by atoms with Crippen molar-refractivity contribution in [2.45, 2.75) is 39.0 Å². The van der Waals surface area contributed by atoms with Crippen molar-refractivity contribution in [3.05, 3.63) is 64.7 Å². The molecule has 0 aliphatic carbocycles. The Balaban J connectivity index is 2.00. The number of phenolic OH excluding ortho intramolecular Hbond substituents is 1. The number of halogens is 1. The van der Waals surface area contributed by atoms with E-state index in [2.05, 4.69) is 15.8 Å². The van der Waals surface area contributed by atoms with Crippen LogP contribution in [-0.4, -0.2) is 41.6 Å². The predicted octanol–water partition coefficient (Wildman–Crippen LogP) is 3.61. The predicted molar refractivity (Wildman–Crippen MR) is 118 cm³/mol. The lowest BCUT2D eigenvalue weighted by atomic mass is 10.2. The van der Waals surface area contributed by atoms with Crippen LogP contribution in [0.5, 0.6) is 5.75 Å². The third-order valence-corrected chi connectivity index (χ3v) is 4.01. The summed E-state index contributed by atoms with van der Waals surface area (Å²) in [5.41, 5.74) is 2.85. The van der Waals surface area contributed by atoms with Crippen LogP contribution < -0.4 is 10.7 Å². The molecule has 0 heterocycles. The molecular weight excluding hydrogens is 422 g/mol. The van der Waals surface area contributed by atoms with Crippen LogP contribution in [0, 0.1) is 0 Å². The van der Waals surface area contributed by atoms with E-state index in [0.717, 1.165) is 5.56 Å². The lowest BCUT2D eigenvalue weighted by Gasteiger charge is -2.22. The fourth-order valence-corrected chi connectivity index (χ4v) is 2.55. The van der Waals surface area contributed by atoms with Gasteiger partial charge in [0.2, 0.25) is 0 Å². The highest BCUT2D eigenvalue weighted by molar-refractivity contribution is 6.30. The highest BCUT2D eigenvalue weighted by atomic mass is 35.5. The topological polar surface area (TPSA) is 109 Å². The highest BCUT2D eigenvalue weighted by Crippen LogP contribution is 2.19. The van der Waals surface area contributed by atoms with Gasteiger partial charge in [0.05, 0.1) is 19.4 Å². The smallest absolute Gasteiger partial charge is 0.408 e. The van der Waals surface area contributed by atoms with Crippen molar-refractivity contribution in [3.8, 4) is 5.75 Å². The zero-order chi connectivity index (χ0) is 22.9. The van der Waals surface area contributed by atoms with Crippen LogP contribution in [0.3, 0.4) is 0 Å². The summed E-state index contributed by atoms with van der Waals surface area (Å²) >= 11 is 5.89. The minimum absolute atomic E-state index is 0.0444. The number of carbonyl (C=O) groups excluding carboxylic acids is 2. The minimum Gasteiger partial charge on any atom is -0.507 e. The number of nitrogens with one attached hydrogen (secondary N) is 2. The number of aromatic hydroxyl groups is 1. The molecule has 8 nitrogen and oxygen atoms in total. The van der Waals surface area contributed by atoms with Crippen molar-refractivity contribution >= 4 is 29.8 Å². The van der Waals surface area contributed by atoms with Gasteiger partial charge in [-0.05, 0) is 44.5 Å². The number of hydrogen-bond donors (Lipinski definition) is 3. The van der Waals surface area contributed by atoms with E-state index in [1.54, 1.807) is 20.8 Å². The Hall–Kier alpha value is -3.10. The molecule has 166 valence electrons. The second kappa shape index (κ2) is 11.3. The lowest BCUT2D eigenvalue weighted by molar-refractivity contribution is -0.124. The first-order chi connectivity index (χ1) is 14.6. The van der Waals surface area contributed by atoms with Crippen molar-refractivity contribution < 1.29 is 24.2 Å². The molecule has 0 bridgehead atoms. The maximum atomic E-state index is 12.6. The number of ether oxygens (including phenoxy) is 2. The first kappa shape index (κ1) is 24.2. The van der Waals surface area contributed by atoms with E-state index in [4.69, 9.17) is 21.1 Å². The fourth-order valence-electron chi connectivity index (χ4n) is 2.37. The van der Waals surface area contributed by atoms with Crippen LogP contribution in [0.2, 0.25) is 5.02 Å². The van der Waals surface area contributed by atoms with E-state index in [-0.39, 0.29) is 19.0 Å². The number of alkyl carbamates (subject to hydrolysis) is 1. The Kier molecular flexibility index (Phi) is 8.84. The standard InChI is InChI=1S/C22H26ClN3O5/c1-22(2,3)31-21(29)25-18(14-30-13-15-7-5-4-6-8-15)20(28)26-24-12-16-11-17(23)9-10-19(16)27/h4-12,18,27H,13-14H2,1-3H3,(H,25,29)(H,26,28)/b24-12-/t18-/m0/s1. The quantitative estimate of drug-likeness (QED) is 0.423. The van der Waals surface area contributed by atoms with Crippen molar-refractivity contribution in [1.82, 2.24) is 10.7 Å². The van der Waals surface area contributed by atoms with Crippen LogP contribution in [0.25, 0.3) is 0 Å². The molecule has 0 aliphatic heterocycles. The summed E-state index contributed by atoms with van der Waals surface area (Å²) in [5, 5.41) is 16.5. The Morgan fingerprint density at radius 3 is 2.58 bits per heavy atom. The van der Waals surface area contributed by atoms with E-state index in [1.807, 2.05) is 30.3 Å². The van der Waals surface area contributed by atoms with E-state index >= 15 is 0 Å². The van der Waals surface area contributed by atoms with E-state index in [9.17, 15) is 14.7 Å². The fraction of sp³-hybridized carbons (Fsp3) is 0.318. The number of hydrazone groups is 1. The molecule has 2 rings (SSSR count). The number of hydrogen-bond acceptors (Lipinski definition) is 6. The molecule has 0 saturated heterocycles. The number of phenols is 1. The van der Waals surface area contributed by atoms with Crippen LogP contribution in [0.1, 0.15) is 31.9 Å². The second-order valence-electron chi connectivity index (χ2n) is 7.64. The molecule has 0 fully saturated rings. The third-order valence-electron chi connectivity index (χ3n) is 3.77. The summed E-state index contributed by atoms with van der Waals surface area (Å²) in [6, 6.07) is 12.8. The van der Waals surface area contributed by atoms with Crippen LogP contribution in [0.4, 0.5) is 4.79 Å². The van der Waals surface area contributed by atoms with Gasteiger partial charge in [0, 0.05) is 10.6 Å². The maximum Gasteiger partial charge on any atom is 0.408 e. The molecule has 0 spiro atoms. The Bertz CT molecular complexity index is 913. The molecule has 31 heavy (non-hydrogen) atoms. The molecule has 3 N–H and O–H groups in total. The van der Waals surface area contributed by atoms with Gasteiger partial charge in [-0.15, -0.1) is 0 Å². The Labute approximate surface area is 186 Å². The minimum atomic E-state index is -1.05. The van der Waals surface area contributed by atoms with E-state index in [0.29, 0.717) is 10.6 Å². The summed E-state index contributed by atoms with van der Waals surface area (Å²) in [4.78, 5) is 24.7. The Morgan fingerprint density at radius 1 is 1.19 bits per heavy atom. The van der Waals surface area contributed by atoms with Gasteiger partial charge in [0.25, 0.3) is 5.91 Å². The summed E-state index contributed by atoms with van der Waals surface area (Å²) in [7, 11) is 0. The van der Waals surface area contributed by atoms with Crippen molar-refractivity contribution in [3.63, 3.8) is 0 Å². The average Bonchev–Trinajstić information content (AvgIpc) is 2.69. The first-order valence-corrected chi connectivity index (χ1v) is 9.94. The number of nitrogens with zero attached hydrogens (tertiary/aromatic N) is 1. The Morgan fingerprint density at radius 2 is 1.90 bits per heavy atom. The van der Waals surface area contributed by atoms with Crippen molar-refractivity contribution in [2.75, 3.05) is 6.61 Å². The summed E-state index contributed by atoms with van der Waals surface area (Å²) in [6.07, 6.45) is 0.488. The molecule has 0 aliphatic rings. The van der Waals surface area contributed by atoms with Crippen molar-refractivity contribution in [2.24, 2.45) is 5.10 Å². The zero-order valence-electron chi connectivity index (χ0n) is 17.6. The highest BCUT2D eigenvalue weighted by Gasteiger charge is 2.24. The van der Waals surface area contributed by atoms with Crippen LogP contribution >= 0.6 is 11.6 Å². The third kappa shape index (κ3) is 9.06. The monoisotopic (exact) mass is 447 g/mol. The number of rotatable bonds is 8.